The number of methoxy groups -OCH3 is 1. The molecule has 0 aliphatic rings. The summed E-state index contributed by atoms with van der Waals surface area (Å²) in [5.41, 5.74) is 5.78. The number of aromatic nitrogens is 2. The van der Waals surface area contributed by atoms with Gasteiger partial charge in [0.05, 0.1) is 24.4 Å². The van der Waals surface area contributed by atoms with Crippen molar-refractivity contribution in [2.45, 2.75) is 13.5 Å². The molecular weight excluding hydrogens is 292 g/mol. The molecule has 1 aromatic heterocycles. The minimum Gasteiger partial charge on any atom is -0.504 e. The quantitative estimate of drug-likeness (QED) is 0.560. The van der Waals surface area contributed by atoms with Crippen molar-refractivity contribution >= 4 is 23.2 Å². The Morgan fingerprint density at radius 3 is 2.91 bits per heavy atom. The third kappa shape index (κ3) is 2.96. The molecule has 0 bridgehead atoms. The summed E-state index contributed by atoms with van der Waals surface area (Å²) in [4.78, 5) is 4.54. The SMILES string of the molecule is CCn1c(N/N=C\c2ccc(O)c(OC)c2)nc2ccccc21. The van der Waals surface area contributed by atoms with Gasteiger partial charge in [-0.1, -0.05) is 12.1 Å². The first-order valence-corrected chi connectivity index (χ1v) is 7.34. The normalized spacial score (nSPS) is 11.2. The molecule has 3 aromatic rings. The van der Waals surface area contributed by atoms with Crippen molar-refractivity contribution in [1.29, 1.82) is 0 Å². The van der Waals surface area contributed by atoms with Crippen LogP contribution in [0.5, 0.6) is 11.5 Å². The Labute approximate surface area is 134 Å². The number of anilines is 1. The van der Waals surface area contributed by atoms with Gasteiger partial charge in [0.15, 0.2) is 11.5 Å². The summed E-state index contributed by atoms with van der Waals surface area (Å²) in [5.74, 6) is 1.20. The van der Waals surface area contributed by atoms with E-state index in [0.29, 0.717) is 11.7 Å². The van der Waals surface area contributed by atoms with E-state index in [9.17, 15) is 5.11 Å². The Kier molecular flexibility index (Phi) is 4.14. The maximum absolute atomic E-state index is 9.59. The molecule has 118 valence electrons. The number of aryl methyl sites for hydroxylation is 1. The van der Waals surface area contributed by atoms with Gasteiger partial charge in [0.2, 0.25) is 5.95 Å². The van der Waals surface area contributed by atoms with E-state index in [1.165, 1.54) is 7.11 Å². The highest BCUT2D eigenvalue weighted by atomic mass is 16.5. The predicted molar refractivity (Wildman–Crippen MR) is 91.3 cm³/mol. The summed E-state index contributed by atoms with van der Waals surface area (Å²) in [6, 6.07) is 13.0. The van der Waals surface area contributed by atoms with Crippen LogP contribution in [-0.4, -0.2) is 28.0 Å². The van der Waals surface area contributed by atoms with Crippen LogP contribution in [0.15, 0.2) is 47.6 Å². The number of rotatable bonds is 5. The molecule has 6 nitrogen and oxygen atoms in total. The Balaban J connectivity index is 1.83. The number of para-hydroxylation sites is 2. The second kappa shape index (κ2) is 6.39. The van der Waals surface area contributed by atoms with Gasteiger partial charge in [-0.05, 0) is 42.8 Å². The Bertz CT molecular complexity index is 855. The van der Waals surface area contributed by atoms with E-state index in [0.717, 1.165) is 23.1 Å². The first-order chi connectivity index (χ1) is 11.2. The number of hydrogen-bond acceptors (Lipinski definition) is 5. The van der Waals surface area contributed by atoms with Crippen LogP contribution >= 0.6 is 0 Å². The molecule has 23 heavy (non-hydrogen) atoms. The highest BCUT2D eigenvalue weighted by molar-refractivity contribution is 5.82. The maximum Gasteiger partial charge on any atom is 0.224 e. The van der Waals surface area contributed by atoms with Gasteiger partial charge >= 0.3 is 0 Å². The summed E-state index contributed by atoms with van der Waals surface area (Å²) < 4.78 is 7.14. The van der Waals surface area contributed by atoms with Gasteiger partial charge in [0.25, 0.3) is 0 Å². The second-order valence-corrected chi connectivity index (χ2v) is 4.97. The van der Waals surface area contributed by atoms with E-state index < -0.39 is 0 Å². The van der Waals surface area contributed by atoms with Crippen LogP contribution in [0.1, 0.15) is 12.5 Å². The first-order valence-electron chi connectivity index (χ1n) is 7.34. The van der Waals surface area contributed by atoms with Gasteiger partial charge in [0, 0.05) is 6.54 Å². The number of aromatic hydroxyl groups is 1. The van der Waals surface area contributed by atoms with E-state index in [1.54, 1.807) is 24.4 Å². The standard InChI is InChI=1S/C17H18N4O2/c1-3-21-14-7-5-4-6-13(14)19-17(21)20-18-11-12-8-9-15(22)16(10-12)23-2/h4-11,22H,3H2,1-2H3,(H,19,20)/b18-11-. The zero-order valence-corrected chi connectivity index (χ0v) is 13.0. The molecule has 0 aliphatic carbocycles. The minimum absolute atomic E-state index is 0.102. The molecule has 2 aromatic carbocycles. The lowest BCUT2D eigenvalue weighted by atomic mass is 10.2. The lowest BCUT2D eigenvalue weighted by Gasteiger charge is -2.05. The van der Waals surface area contributed by atoms with Crippen LogP contribution < -0.4 is 10.2 Å². The molecule has 0 saturated heterocycles. The summed E-state index contributed by atoms with van der Waals surface area (Å²) in [6.07, 6.45) is 1.65. The third-order valence-corrected chi connectivity index (χ3v) is 3.55. The van der Waals surface area contributed by atoms with Crippen LogP contribution in [0, 0.1) is 0 Å². The predicted octanol–water partition coefficient (Wildman–Crippen LogP) is 3.22. The van der Waals surface area contributed by atoms with Crippen molar-refractivity contribution in [3.05, 3.63) is 48.0 Å². The molecule has 0 amide bonds. The monoisotopic (exact) mass is 310 g/mol. The molecule has 0 fully saturated rings. The lowest BCUT2D eigenvalue weighted by Crippen LogP contribution is -2.01. The van der Waals surface area contributed by atoms with E-state index in [2.05, 4.69) is 27.0 Å². The second-order valence-electron chi connectivity index (χ2n) is 4.97. The molecule has 6 heteroatoms. The van der Waals surface area contributed by atoms with Crippen molar-refractivity contribution in [3.8, 4) is 11.5 Å². The topological polar surface area (TPSA) is 71.7 Å². The molecule has 0 radical (unpaired) electrons. The number of phenols is 1. The zero-order chi connectivity index (χ0) is 16.2. The number of phenolic OH excluding ortho intramolecular Hbond substituents is 1. The van der Waals surface area contributed by atoms with Crippen molar-refractivity contribution in [2.75, 3.05) is 12.5 Å². The summed E-state index contributed by atoms with van der Waals surface area (Å²) in [5, 5.41) is 13.8. The average Bonchev–Trinajstić information content (AvgIpc) is 2.93. The highest BCUT2D eigenvalue weighted by Crippen LogP contribution is 2.25. The number of benzene rings is 2. The largest absolute Gasteiger partial charge is 0.504 e. The number of imidazole rings is 1. The van der Waals surface area contributed by atoms with Crippen molar-refractivity contribution in [1.82, 2.24) is 9.55 Å². The molecule has 1 heterocycles. The zero-order valence-electron chi connectivity index (χ0n) is 13.0. The summed E-state index contributed by atoms with van der Waals surface area (Å²) in [7, 11) is 1.51. The third-order valence-electron chi connectivity index (χ3n) is 3.55. The van der Waals surface area contributed by atoms with Crippen molar-refractivity contribution < 1.29 is 9.84 Å². The van der Waals surface area contributed by atoms with Crippen molar-refractivity contribution in [3.63, 3.8) is 0 Å². The number of fused-ring (bicyclic) bond motifs is 1. The maximum atomic E-state index is 9.59. The van der Waals surface area contributed by atoms with Gasteiger partial charge in [-0.25, -0.2) is 10.4 Å². The Morgan fingerprint density at radius 1 is 1.30 bits per heavy atom. The van der Waals surface area contributed by atoms with Crippen LogP contribution in [0.3, 0.4) is 0 Å². The van der Waals surface area contributed by atoms with Gasteiger partial charge in [-0.3, -0.25) is 0 Å². The van der Waals surface area contributed by atoms with E-state index in [-0.39, 0.29) is 5.75 Å². The molecule has 0 aliphatic heterocycles. The van der Waals surface area contributed by atoms with Crippen LogP contribution in [0.2, 0.25) is 0 Å². The summed E-state index contributed by atoms with van der Waals surface area (Å²) >= 11 is 0. The van der Waals surface area contributed by atoms with Gasteiger partial charge in [0.1, 0.15) is 0 Å². The summed E-state index contributed by atoms with van der Waals surface area (Å²) in [6.45, 7) is 2.86. The van der Waals surface area contributed by atoms with Gasteiger partial charge in [-0.15, -0.1) is 0 Å². The molecule has 0 unspecified atom stereocenters. The van der Waals surface area contributed by atoms with Crippen LogP contribution in [0.25, 0.3) is 11.0 Å². The molecule has 0 saturated carbocycles. The number of nitrogens with zero attached hydrogens (tertiary/aromatic N) is 3. The fourth-order valence-corrected chi connectivity index (χ4v) is 2.42. The lowest BCUT2D eigenvalue weighted by molar-refractivity contribution is 0.373. The Morgan fingerprint density at radius 2 is 2.13 bits per heavy atom. The van der Waals surface area contributed by atoms with E-state index in [1.807, 2.05) is 24.3 Å². The number of hydrogen-bond donors (Lipinski definition) is 2. The molecule has 3 rings (SSSR count). The first kappa shape index (κ1) is 14.9. The van der Waals surface area contributed by atoms with Crippen molar-refractivity contribution in [2.24, 2.45) is 5.10 Å². The molecule has 0 atom stereocenters. The fraction of sp³-hybridized carbons (Fsp3) is 0.176. The van der Waals surface area contributed by atoms with E-state index in [4.69, 9.17) is 4.74 Å². The van der Waals surface area contributed by atoms with Crippen LogP contribution in [-0.2, 0) is 6.54 Å². The van der Waals surface area contributed by atoms with Crippen LogP contribution in [0.4, 0.5) is 5.95 Å². The minimum atomic E-state index is 0.102. The number of ether oxygens (including phenoxy) is 1. The molecule has 2 N–H and O–H groups in total. The Hall–Kier alpha value is -3.02. The number of nitrogens with one attached hydrogen (secondary N) is 1. The average molecular weight is 310 g/mol. The highest BCUT2D eigenvalue weighted by Gasteiger charge is 2.07. The smallest absolute Gasteiger partial charge is 0.224 e. The molecular formula is C17H18N4O2. The van der Waals surface area contributed by atoms with Gasteiger partial charge in [-0.2, -0.15) is 5.10 Å². The van der Waals surface area contributed by atoms with Gasteiger partial charge < -0.3 is 14.4 Å². The molecule has 0 spiro atoms. The van der Waals surface area contributed by atoms with E-state index >= 15 is 0 Å². The fourth-order valence-electron chi connectivity index (χ4n) is 2.42. The number of hydrazone groups is 1.